The predicted octanol–water partition coefficient (Wildman–Crippen LogP) is 2.57. The van der Waals surface area contributed by atoms with Crippen LogP contribution in [-0.4, -0.2) is 29.7 Å². The fraction of sp³-hybridized carbons (Fsp3) is 0.727. The molecule has 1 amide bonds. The van der Waals surface area contributed by atoms with Crippen molar-refractivity contribution in [1.29, 1.82) is 0 Å². The van der Waals surface area contributed by atoms with E-state index < -0.39 is 5.60 Å². The fourth-order valence-corrected chi connectivity index (χ4v) is 1.40. The molecule has 3 heteroatoms. The Morgan fingerprint density at radius 2 is 1.86 bits per heavy atom. The third-order valence-corrected chi connectivity index (χ3v) is 2.21. The van der Waals surface area contributed by atoms with E-state index in [0.717, 1.165) is 12.8 Å². The third kappa shape index (κ3) is 3.05. The summed E-state index contributed by atoms with van der Waals surface area (Å²) in [7, 11) is 1.80. The zero-order valence-electron chi connectivity index (χ0n) is 9.41. The summed E-state index contributed by atoms with van der Waals surface area (Å²) in [4.78, 5) is 13.3. The van der Waals surface area contributed by atoms with Gasteiger partial charge in [-0.2, -0.15) is 0 Å². The van der Waals surface area contributed by atoms with Crippen molar-refractivity contribution in [2.75, 3.05) is 7.05 Å². The van der Waals surface area contributed by atoms with Gasteiger partial charge in [0.1, 0.15) is 5.60 Å². The summed E-state index contributed by atoms with van der Waals surface area (Å²) in [6.45, 7) is 5.64. The molecule has 80 valence electrons. The minimum absolute atomic E-state index is 0.230. The molecule has 0 fully saturated rings. The molecule has 0 aliphatic heterocycles. The van der Waals surface area contributed by atoms with E-state index in [1.165, 1.54) is 0 Å². The van der Waals surface area contributed by atoms with Crippen LogP contribution in [0.4, 0.5) is 4.79 Å². The van der Waals surface area contributed by atoms with Gasteiger partial charge in [-0.3, -0.25) is 0 Å². The zero-order valence-corrected chi connectivity index (χ0v) is 9.41. The van der Waals surface area contributed by atoms with Gasteiger partial charge < -0.3 is 9.64 Å². The summed E-state index contributed by atoms with van der Waals surface area (Å²) in [6.07, 6.45) is 5.86. The highest BCUT2D eigenvalue weighted by atomic mass is 16.6. The number of amides is 1. The second-order valence-corrected chi connectivity index (χ2v) is 4.69. The molecule has 1 rings (SSSR count). The standard InChI is InChI=1S/C11H19NO2/c1-11(2,3)14-10(13)12(4)9-7-5-6-8-9/h5-6,9H,7-8H2,1-4H3. The molecule has 0 atom stereocenters. The first-order valence-corrected chi connectivity index (χ1v) is 5.01. The Morgan fingerprint density at radius 1 is 1.36 bits per heavy atom. The van der Waals surface area contributed by atoms with Crippen LogP contribution < -0.4 is 0 Å². The van der Waals surface area contributed by atoms with E-state index in [9.17, 15) is 4.79 Å². The predicted molar refractivity (Wildman–Crippen MR) is 56.2 cm³/mol. The molecule has 0 bridgehead atoms. The van der Waals surface area contributed by atoms with Crippen molar-refractivity contribution in [3.05, 3.63) is 12.2 Å². The van der Waals surface area contributed by atoms with Gasteiger partial charge in [0.25, 0.3) is 0 Å². The van der Waals surface area contributed by atoms with Crippen molar-refractivity contribution >= 4 is 6.09 Å². The highest BCUT2D eigenvalue weighted by Gasteiger charge is 2.25. The molecule has 0 unspecified atom stereocenters. The first kappa shape index (κ1) is 11.1. The molecule has 0 spiro atoms. The van der Waals surface area contributed by atoms with Crippen molar-refractivity contribution in [3.63, 3.8) is 0 Å². The summed E-state index contributed by atoms with van der Waals surface area (Å²) >= 11 is 0. The molecule has 0 saturated heterocycles. The van der Waals surface area contributed by atoms with Crippen LogP contribution in [0.3, 0.4) is 0 Å². The van der Waals surface area contributed by atoms with Gasteiger partial charge in [-0.25, -0.2) is 4.79 Å². The number of hydrogen-bond donors (Lipinski definition) is 0. The Bertz CT molecular complexity index is 232. The Balaban J connectivity index is 2.44. The molecule has 0 aromatic heterocycles. The lowest BCUT2D eigenvalue weighted by Crippen LogP contribution is -2.39. The molecule has 0 heterocycles. The van der Waals surface area contributed by atoms with E-state index in [4.69, 9.17) is 4.74 Å². The number of carbonyl (C=O) groups excluding carboxylic acids is 1. The van der Waals surface area contributed by atoms with E-state index in [1.807, 2.05) is 20.8 Å². The average molecular weight is 197 g/mol. The Morgan fingerprint density at radius 3 is 2.29 bits per heavy atom. The molecule has 1 aliphatic carbocycles. The van der Waals surface area contributed by atoms with Crippen LogP contribution in [0, 0.1) is 0 Å². The van der Waals surface area contributed by atoms with Crippen LogP contribution in [0.15, 0.2) is 12.2 Å². The normalized spacial score (nSPS) is 17.1. The Kier molecular flexibility index (Phi) is 3.19. The summed E-state index contributed by atoms with van der Waals surface area (Å²) in [5.74, 6) is 0. The van der Waals surface area contributed by atoms with E-state index in [-0.39, 0.29) is 12.1 Å². The molecular formula is C11H19NO2. The fourth-order valence-electron chi connectivity index (χ4n) is 1.40. The lowest BCUT2D eigenvalue weighted by molar-refractivity contribution is 0.0231. The van der Waals surface area contributed by atoms with Gasteiger partial charge in [0.2, 0.25) is 0 Å². The van der Waals surface area contributed by atoms with Gasteiger partial charge in [-0.05, 0) is 33.6 Å². The Hall–Kier alpha value is -0.990. The first-order valence-electron chi connectivity index (χ1n) is 5.01. The molecule has 3 nitrogen and oxygen atoms in total. The molecule has 14 heavy (non-hydrogen) atoms. The first-order chi connectivity index (χ1) is 6.40. The molecule has 0 N–H and O–H groups in total. The average Bonchev–Trinajstić information content (AvgIpc) is 2.51. The Labute approximate surface area is 85.7 Å². The SMILES string of the molecule is CN(C(=O)OC(C)(C)C)C1CC=CC1. The highest BCUT2D eigenvalue weighted by Crippen LogP contribution is 2.18. The number of carbonyl (C=O) groups is 1. The molecule has 0 aromatic carbocycles. The summed E-state index contributed by atoms with van der Waals surface area (Å²) in [5, 5.41) is 0. The van der Waals surface area contributed by atoms with Crippen LogP contribution in [-0.2, 0) is 4.74 Å². The van der Waals surface area contributed by atoms with E-state index >= 15 is 0 Å². The van der Waals surface area contributed by atoms with Crippen LogP contribution in [0.5, 0.6) is 0 Å². The van der Waals surface area contributed by atoms with Gasteiger partial charge in [0, 0.05) is 13.1 Å². The van der Waals surface area contributed by atoms with Crippen molar-refractivity contribution < 1.29 is 9.53 Å². The minimum Gasteiger partial charge on any atom is -0.444 e. The summed E-state index contributed by atoms with van der Waals surface area (Å²) < 4.78 is 5.27. The number of hydrogen-bond acceptors (Lipinski definition) is 2. The largest absolute Gasteiger partial charge is 0.444 e. The van der Waals surface area contributed by atoms with Crippen molar-refractivity contribution in [3.8, 4) is 0 Å². The number of ether oxygens (including phenoxy) is 1. The van der Waals surface area contributed by atoms with Gasteiger partial charge in [0.05, 0.1) is 0 Å². The summed E-state index contributed by atoms with van der Waals surface area (Å²) in [6, 6.07) is 0.282. The topological polar surface area (TPSA) is 29.5 Å². The van der Waals surface area contributed by atoms with Gasteiger partial charge in [0.15, 0.2) is 0 Å². The number of nitrogens with zero attached hydrogens (tertiary/aromatic N) is 1. The maximum Gasteiger partial charge on any atom is 0.410 e. The highest BCUT2D eigenvalue weighted by molar-refractivity contribution is 5.68. The summed E-state index contributed by atoms with van der Waals surface area (Å²) in [5.41, 5.74) is -0.405. The van der Waals surface area contributed by atoms with E-state index in [0.29, 0.717) is 0 Å². The van der Waals surface area contributed by atoms with Gasteiger partial charge in [-0.1, -0.05) is 12.2 Å². The van der Waals surface area contributed by atoms with Crippen molar-refractivity contribution in [2.45, 2.75) is 45.3 Å². The maximum atomic E-state index is 11.6. The minimum atomic E-state index is -0.405. The van der Waals surface area contributed by atoms with Crippen LogP contribution in [0.25, 0.3) is 0 Å². The quantitative estimate of drug-likeness (QED) is 0.605. The monoisotopic (exact) mass is 197 g/mol. The molecule has 0 saturated carbocycles. The number of rotatable bonds is 1. The van der Waals surface area contributed by atoms with Crippen LogP contribution in [0.2, 0.25) is 0 Å². The second-order valence-electron chi connectivity index (χ2n) is 4.69. The molecule has 1 aliphatic rings. The molecular weight excluding hydrogens is 178 g/mol. The second kappa shape index (κ2) is 4.03. The zero-order chi connectivity index (χ0) is 10.8. The van der Waals surface area contributed by atoms with E-state index in [2.05, 4.69) is 12.2 Å². The maximum absolute atomic E-state index is 11.6. The van der Waals surface area contributed by atoms with Crippen LogP contribution >= 0.6 is 0 Å². The lowest BCUT2D eigenvalue weighted by atomic mass is 10.2. The van der Waals surface area contributed by atoms with Gasteiger partial charge >= 0.3 is 6.09 Å². The van der Waals surface area contributed by atoms with Gasteiger partial charge in [-0.15, -0.1) is 0 Å². The van der Waals surface area contributed by atoms with Crippen molar-refractivity contribution in [2.24, 2.45) is 0 Å². The lowest BCUT2D eigenvalue weighted by Gasteiger charge is -2.28. The smallest absolute Gasteiger partial charge is 0.410 e. The van der Waals surface area contributed by atoms with Crippen molar-refractivity contribution in [1.82, 2.24) is 4.90 Å². The molecule has 0 aromatic rings. The van der Waals surface area contributed by atoms with Crippen LogP contribution in [0.1, 0.15) is 33.6 Å². The van der Waals surface area contributed by atoms with E-state index in [1.54, 1.807) is 11.9 Å². The third-order valence-electron chi connectivity index (χ3n) is 2.21. The molecule has 0 radical (unpaired) electrons.